The van der Waals surface area contributed by atoms with Crippen molar-refractivity contribution in [2.45, 2.75) is 34.2 Å². The van der Waals surface area contributed by atoms with Crippen LogP contribution in [0.1, 0.15) is 35.0 Å². The first-order valence-electron chi connectivity index (χ1n) is 11.1. The second-order valence-electron chi connectivity index (χ2n) is 8.08. The minimum Gasteiger partial charge on any atom is -0.462 e. The van der Waals surface area contributed by atoms with Gasteiger partial charge in [-0.3, -0.25) is 9.48 Å². The molecule has 1 aliphatic rings. The second kappa shape index (κ2) is 9.79. The zero-order chi connectivity index (χ0) is 24.2. The maximum absolute atomic E-state index is 13.2. The Hall–Kier alpha value is -4.13. The van der Waals surface area contributed by atoms with Crippen molar-refractivity contribution in [3.8, 4) is 0 Å². The zero-order valence-corrected chi connectivity index (χ0v) is 19.7. The molecule has 2 aromatic carbocycles. The third-order valence-corrected chi connectivity index (χ3v) is 5.57. The van der Waals surface area contributed by atoms with Gasteiger partial charge in [0.25, 0.3) is 0 Å². The van der Waals surface area contributed by atoms with E-state index in [1.165, 1.54) is 5.56 Å². The highest BCUT2D eigenvalue weighted by molar-refractivity contribution is 6.26. The lowest BCUT2D eigenvalue weighted by Crippen LogP contribution is -2.16. The van der Waals surface area contributed by atoms with Crippen molar-refractivity contribution < 1.29 is 19.1 Å². The fraction of sp³-hybridized carbons (Fsp3) is 0.222. The average molecular weight is 458 g/mol. The number of anilines is 1. The molecule has 0 spiro atoms. The third-order valence-electron chi connectivity index (χ3n) is 5.57. The Kier molecular flexibility index (Phi) is 6.63. The average Bonchev–Trinajstić information content (AvgIpc) is 3.26. The first-order valence-corrected chi connectivity index (χ1v) is 11.1. The highest BCUT2D eigenvalue weighted by Crippen LogP contribution is 2.30. The summed E-state index contributed by atoms with van der Waals surface area (Å²) >= 11 is 0. The number of carbonyl (C=O) groups is 2. The molecule has 34 heavy (non-hydrogen) atoms. The summed E-state index contributed by atoms with van der Waals surface area (Å²) in [6, 6.07) is 17.5. The van der Waals surface area contributed by atoms with Crippen LogP contribution in [0.2, 0.25) is 0 Å². The van der Waals surface area contributed by atoms with Crippen molar-refractivity contribution in [1.82, 2.24) is 9.78 Å². The number of aromatic nitrogens is 2. The van der Waals surface area contributed by atoms with Gasteiger partial charge in [0.1, 0.15) is 0 Å². The van der Waals surface area contributed by atoms with Gasteiger partial charge in [0.2, 0.25) is 11.7 Å². The van der Waals surface area contributed by atoms with Crippen LogP contribution in [0.3, 0.4) is 0 Å². The Morgan fingerprint density at radius 1 is 1.09 bits per heavy atom. The molecule has 7 nitrogen and oxygen atoms in total. The summed E-state index contributed by atoms with van der Waals surface area (Å²) in [4.78, 5) is 25.7. The van der Waals surface area contributed by atoms with Crippen LogP contribution in [-0.4, -0.2) is 28.1 Å². The van der Waals surface area contributed by atoms with Gasteiger partial charge >= 0.3 is 5.97 Å². The van der Waals surface area contributed by atoms with E-state index in [1.807, 2.05) is 48.9 Å². The minimum atomic E-state index is -0.724. The van der Waals surface area contributed by atoms with Crippen molar-refractivity contribution in [3.05, 3.63) is 99.9 Å². The van der Waals surface area contributed by atoms with Gasteiger partial charge in [0, 0.05) is 16.9 Å². The molecule has 0 saturated carbocycles. The summed E-state index contributed by atoms with van der Waals surface area (Å²) in [6.45, 7) is 8.33. The van der Waals surface area contributed by atoms with E-state index in [-0.39, 0.29) is 23.8 Å². The molecule has 174 valence electrons. The zero-order valence-electron chi connectivity index (χ0n) is 19.7. The van der Waals surface area contributed by atoms with Gasteiger partial charge in [-0.1, -0.05) is 48.0 Å². The smallest absolute Gasteiger partial charge is 0.347 e. The van der Waals surface area contributed by atoms with Gasteiger partial charge in [0.05, 0.1) is 18.8 Å². The van der Waals surface area contributed by atoms with E-state index in [9.17, 15) is 9.59 Å². The first-order chi connectivity index (χ1) is 16.4. The summed E-state index contributed by atoms with van der Waals surface area (Å²) in [5.41, 5.74) is 5.29. The summed E-state index contributed by atoms with van der Waals surface area (Å²) in [5.74, 6) is -1.15. The predicted molar refractivity (Wildman–Crippen MR) is 130 cm³/mol. The fourth-order valence-corrected chi connectivity index (χ4v) is 3.73. The van der Waals surface area contributed by atoms with Gasteiger partial charge in [-0.25, -0.2) is 4.79 Å². The van der Waals surface area contributed by atoms with Crippen LogP contribution in [0.5, 0.6) is 0 Å². The van der Waals surface area contributed by atoms with Gasteiger partial charge in [-0.05, 0) is 51.5 Å². The Morgan fingerprint density at radius 2 is 1.79 bits per heavy atom. The van der Waals surface area contributed by atoms with Gasteiger partial charge < -0.3 is 14.8 Å². The monoisotopic (exact) mass is 457 g/mol. The summed E-state index contributed by atoms with van der Waals surface area (Å²) in [5, 5.41) is 7.67. The highest BCUT2D eigenvalue weighted by Gasteiger charge is 2.37. The number of allylic oxidation sites excluding steroid dienone is 1. The molecular formula is C27H27N3O4. The van der Waals surface area contributed by atoms with Crippen LogP contribution in [0.15, 0.2) is 71.8 Å². The molecule has 0 bridgehead atoms. The fourth-order valence-electron chi connectivity index (χ4n) is 3.73. The Labute approximate surface area is 198 Å². The molecular weight excluding hydrogens is 430 g/mol. The molecule has 0 fully saturated rings. The Morgan fingerprint density at radius 3 is 2.47 bits per heavy atom. The van der Waals surface area contributed by atoms with E-state index in [0.717, 1.165) is 22.5 Å². The molecule has 0 aliphatic carbocycles. The number of ether oxygens (including phenoxy) is 2. The van der Waals surface area contributed by atoms with E-state index >= 15 is 0 Å². The summed E-state index contributed by atoms with van der Waals surface area (Å²) < 4.78 is 12.9. The predicted octanol–water partition coefficient (Wildman–Crippen LogP) is 4.68. The SMILES string of the molecule is CCOC(=O)C1=C(Nc2ccccc2)O/C(=C\c2c(C)nn(Cc3ccc(C)cc3)c2C)C1=O. The number of esters is 1. The van der Waals surface area contributed by atoms with Crippen LogP contribution in [-0.2, 0) is 25.6 Å². The van der Waals surface area contributed by atoms with E-state index in [4.69, 9.17) is 9.47 Å². The van der Waals surface area contributed by atoms with Crippen molar-refractivity contribution in [3.63, 3.8) is 0 Å². The van der Waals surface area contributed by atoms with E-state index in [0.29, 0.717) is 12.2 Å². The van der Waals surface area contributed by atoms with E-state index < -0.39 is 11.8 Å². The second-order valence-corrected chi connectivity index (χ2v) is 8.08. The number of para-hydroxylation sites is 1. The van der Waals surface area contributed by atoms with Crippen molar-refractivity contribution in [1.29, 1.82) is 0 Å². The number of ketones is 1. The van der Waals surface area contributed by atoms with Crippen molar-refractivity contribution in [2.75, 3.05) is 11.9 Å². The molecule has 0 atom stereocenters. The highest BCUT2D eigenvalue weighted by atomic mass is 16.5. The Bertz CT molecular complexity index is 1290. The lowest BCUT2D eigenvalue weighted by atomic mass is 10.1. The summed E-state index contributed by atoms with van der Waals surface area (Å²) in [6.07, 6.45) is 1.64. The number of rotatable bonds is 7. The standard InChI is InChI=1S/C27H27N3O4/c1-5-33-27(32)24-25(31)23(34-26(24)28-21-9-7-6-8-10-21)15-22-18(3)29-30(19(22)4)16-20-13-11-17(2)12-14-20/h6-15,28H,5,16H2,1-4H3/b23-15-. The Balaban J connectivity index is 1.64. The number of nitrogens with one attached hydrogen (secondary N) is 1. The molecule has 0 saturated heterocycles. The van der Waals surface area contributed by atoms with Crippen LogP contribution < -0.4 is 5.32 Å². The number of Topliss-reactive ketones (excluding diaryl/α,β-unsaturated/α-hetero) is 1. The maximum atomic E-state index is 13.2. The summed E-state index contributed by atoms with van der Waals surface area (Å²) in [7, 11) is 0. The minimum absolute atomic E-state index is 0.0440. The molecule has 1 aliphatic heterocycles. The lowest BCUT2D eigenvalue weighted by Gasteiger charge is -2.08. The van der Waals surface area contributed by atoms with E-state index in [2.05, 4.69) is 41.6 Å². The molecule has 7 heteroatoms. The van der Waals surface area contributed by atoms with Gasteiger partial charge in [-0.15, -0.1) is 0 Å². The molecule has 2 heterocycles. The molecule has 1 aromatic heterocycles. The molecule has 0 amide bonds. The molecule has 0 unspecified atom stereocenters. The maximum Gasteiger partial charge on any atom is 0.347 e. The van der Waals surface area contributed by atoms with E-state index in [1.54, 1.807) is 13.0 Å². The van der Waals surface area contributed by atoms with Crippen LogP contribution in [0.25, 0.3) is 6.08 Å². The van der Waals surface area contributed by atoms with Crippen LogP contribution >= 0.6 is 0 Å². The lowest BCUT2D eigenvalue weighted by molar-refractivity contribution is -0.139. The topological polar surface area (TPSA) is 82.4 Å². The largest absolute Gasteiger partial charge is 0.462 e. The van der Waals surface area contributed by atoms with Crippen molar-refractivity contribution >= 4 is 23.5 Å². The van der Waals surface area contributed by atoms with Crippen LogP contribution in [0.4, 0.5) is 5.69 Å². The molecule has 3 aromatic rings. The van der Waals surface area contributed by atoms with Crippen molar-refractivity contribution in [2.24, 2.45) is 0 Å². The normalized spacial score (nSPS) is 14.5. The molecule has 4 rings (SSSR count). The van der Waals surface area contributed by atoms with Gasteiger partial charge in [0.15, 0.2) is 11.3 Å². The van der Waals surface area contributed by atoms with Gasteiger partial charge in [-0.2, -0.15) is 5.10 Å². The number of benzene rings is 2. The number of hydrogen-bond donors (Lipinski definition) is 1. The number of carbonyl (C=O) groups excluding carboxylic acids is 2. The first kappa shape index (κ1) is 23.0. The number of aryl methyl sites for hydroxylation is 2. The molecule has 1 N–H and O–H groups in total. The third kappa shape index (κ3) is 4.78. The van der Waals surface area contributed by atoms with Crippen LogP contribution in [0, 0.1) is 20.8 Å². The number of hydrogen-bond acceptors (Lipinski definition) is 6. The molecule has 0 radical (unpaired) electrons. The number of nitrogens with zero attached hydrogens (tertiary/aromatic N) is 2. The quantitative estimate of drug-likeness (QED) is 0.315.